The highest BCUT2D eigenvalue weighted by Crippen LogP contribution is 2.45. The number of hydrogen-bond acceptors (Lipinski definition) is 5. The Morgan fingerprint density at radius 1 is 1.16 bits per heavy atom. The minimum atomic E-state index is -1.24. The van der Waals surface area contributed by atoms with Crippen molar-refractivity contribution in [3.8, 4) is 17.1 Å². The summed E-state index contributed by atoms with van der Waals surface area (Å²) >= 11 is -1.24. The predicted octanol–water partition coefficient (Wildman–Crippen LogP) is 4.16. The molecule has 168 valence electrons. The Kier molecular flexibility index (Phi) is 6.07. The monoisotopic (exact) mass is 445 g/mol. The second kappa shape index (κ2) is 8.35. The van der Waals surface area contributed by atoms with Crippen molar-refractivity contribution in [2.75, 3.05) is 13.1 Å². The average molecular weight is 446 g/mol. The summed E-state index contributed by atoms with van der Waals surface area (Å²) in [6.07, 6.45) is 0.925. The van der Waals surface area contributed by atoms with E-state index in [0.29, 0.717) is 17.7 Å². The first-order chi connectivity index (χ1) is 14.6. The van der Waals surface area contributed by atoms with Gasteiger partial charge in [-0.2, -0.15) is 0 Å². The van der Waals surface area contributed by atoms with Crippen molar-refractivity contribution in [1.29, 1.82) is 0 Å². The first kappa shape index (κ1) is 22.5. The van der Waals surface area contributed by atoms with E-state index >= 15 is 0 Å². The lowest BCUT2D eigenvalue weighted by atomic mass is 9.90. The number of benzene rings is 1. The molecule has 4 rings (SSSR count). The number of rotatable bonds is 7. The highest BCUT2D eigenvalue weighted by Gasteiger charge is 2.55. The number of ether oxygens (including phenoxy) is 1. The summed E-state index contributed by atoms with van der Waals surface area (Å²) < 4.78 is 35.6. The van der Waals surface area contributed by atoms with Gasteiger partial charge in [-0.1, -0.05) is 6.92 Å². The number of pyridine rings is 1. The van der Waals surface area contributed by atoms with E-state index in [1.807, 2.05) is 32.9 Å². The summed E-state index contributed by atoms with van der Waals surface area (Å²) in [7, 11) is 0. The maximum absolute atomic E-state index is 13.5. The normalized spacial score (nSPS) is 25.6. The van der Waals surface area contributed by atoms with Crippen LogP contribution in [0.2, 0.25) is 0 Å². The number of fused-ring (bicyclic) bond motifs is 1. The molecule has 0 bridgehead atoms. The Labute approximate surface area is 187 Å². The molecule has 2 heterocycles. The van der Waals surface area contributed by atoms with Crippen LogP contribution in [0, 0.1) is 17.7 Å². The van der Waals surface area contributed by atoms with Crippen molar-refractivity contribution < 1.29 is 13.7 Å². The van der Waals surface area contributed by atoms with Crippen molar-refractivity contribution in [3.05, 3.63) is 47.8 Å². The zero-order valence-corrected chi connectivity index (χ0v) is 19.7. The highest BCUT2D eigenvalue weighted by molar-refractivity contribution is 7.90. The molecule has 2 fully saturated rings. The zero-order valence-electron chi connectivity index (χ0n) is 18.9. The minimum Gasteiger partial charge on any atom is -0.598 e. The lowest BCUT2D eigenvalue weighted by Gasteiger charge is -2.35. The Morgan fingerprint density at radius 2 is 1.81 bits per heavy atom. The Morgan fingerprint density at radius 3 is 2.39 bits per heavy atom. The lowest BCUT2D eigenvalue weighted by molar-refractivity contribution is 0.251. The van der Waals surface area contributed by atoms with Crippen LogP contribution in [-0.2, 0) is 16.9 Å². The molecule has 1 aromatic carbocycles. The van der Waals surface area contributed by atoms with E-state index in [2.05, 4.69) is 23.9 Å². The summed E-state index contributed by atoms with van der Waals surface area (Å²) in [6.45, 7) is 12.0. The Balaban J connectivity index is 1.70. The fourth-order valence-electron chi connectivity index (χ4n) is 4.02. The quantitative estimate of drug-likeness (QED) is 0.627. The first-order valence-electron chi connectivity index (χ1n) is 11.0. The molecular formula is C24H32FN3O2S. The van der Waals surface area contributed by atoms with Crippen LogP contribution in [-0.4, -0.2) is 33.5 Å². The molecule has 7 heteroatoms. The summed E-state index contributed by atoms with van der Waals surface area (Å²) in [5.74, 6) is 1.38. The van der Waals surface area contributed by atoms with Gasteiger partial charge >= 0.3 is 0 Å². The van der Waals surface area contributed by atoms with Gasteiger partial charge in [0, 0.05) is 47.9 Å². The number of nitrogens with zero attached hydrogens (tertiary/aromatic N) is 1. The van der Waals surface area contributed by atoms with E-state index in [4.69, 9.17) is 9.72 Å². The molecule has 1 aliphatic heterocycles. The minimum absolute atomic E-state index is 0.189. The molecule has 5 atom stereocenters. The van der Waals surface area contributed by atoms with E-state index in [0.717, 1.165) is 36.3 Å². The number of aromatic nitrogens is 1. The standard InChI is InChI=1S/C24H32FN3O2S/c1-6-24(5,28-31(29)23(2,3)4)16-11-20(15-7-9-17(25)10-8-15)27-21(12-16)30-22-18-13-26-14-19(18)22/h7-12,18-19,22,26,28H,6,13-14H2,1-5H3/t18-,19+,22+,24?,31?. The second-order valence-corrected chi connectivity index (χ2v) is 11.8. The fourth-order valence-corrected chi connectivity index (χ4v) is 5.00. The molecule has 5 nitrogen and oxygen atoms in total. The predicted molar refractivity (Wildman–Crippen MR) is 123 cm³/mol. The van der Waals surface area contributed by atoms with Crippen molar-refractivity contribution in [2.45, 2.75) is 57.4 Å². The van der Waals surface area contributed by atoms with Crippen LogP contribution < -0.4 is 14.8 Å². The molecule has 0 spiro atoms. The van der Waals surface area contributed by atoms with Gasteiger partial charge in [0.15, 0.2) is 0 Å². The summed E-state index contributed by atoms with van der Waals surface area (Å²) in [4.78, 5) is 4.75. The van der Waals surface area contributed by atoms with Gasteiger partial charge in [-0.05, 0) is 70.0 Å². The van der Waals surface area contributed by atoms with Crippen LogP contribution in [0.5, 0.6) is 5.88 Å². The van der Waals surface area contributed by atoms with Gasteiger partial charge in [0.05, 0.1) is 11.2 Å². The van der Waals surface area contributed by atoms with Crippen molar-refractivity contribution in [1.82, 2.24) is 15.0 Å². The molecule has 1 aromatic heterocycles. The van der Waals surface area contributed by atoms with E-state index in [1.165, 1.54) is 12.1 Å². The molecule has 31 heavy (non-hydrogen) atoms. The smallest absolute Gasteiger partial charge is 0.214 e. The largest absolute Gasteiger partial charge is 0.598 e. The van der Waals surface area contributed by atoms with E-state index < -0.39 is 16.9 Å². The van der Waals surface area contributed by atoms with Gasteiger partial charge in [0.2, 0.25) is 5.88 Å². The number of hydrogen-bond donors (Lipinski definition) is 2. The van der Waals surface area contributed by atoms with Crippen LogP contribution >= 0.6 is 0 Å². The molecule has 1 saturated heterocycles. The number of piperidine rings is 1. The van der Waals surface area contributed by atoms with Gasteiger partial charge in [-0.25, -0.2) is 9.37 Å². The maximum atomic E-state index is 13.5. The third-order valence-electron chi connectivity index (χ3n) is 6.43. The van der Waals surface area contributed by atoms with Crippen LogP contribution in [0.1, 0.15) is 46.6 Å². The molecular weight excluding hydrogens is 413 g/mol. The van der Waals surface area contributed by atoms with E-state index in [-0.39, 0.29) is 16.7 Å². The number of nitrogens with one attached hydrogen (secondary N) is 2. The lowest BCUT2D eigenvalue weighted by Crippen LogP contribution is -2.49. The zero-order chi connectivity index (χ0) is 22.4. The molecule has 2 aromatic rings. The van der Waals surface area contributed by atoms with Crippen LogP contribution in [0.3, 0.4) is 0 Å². The van der Waals surface area contributed by atoms with Crippen molar-refractivity contribution in [2.24, 2.45) is 11.8 Å². The van der Waals surface area contributed by atoms with Crippen LogP contribution in [0.25, 0.3) is 11.3 Å². The van der Waals surface area contributed by atoms with Crippen molar-refractivity contribution in [3.63, 3.8) is 0 Å². The third kappa shape index (κ3) is 4.75. The van der Waals surface area contributed by atoms with Gasteiger partial charge in [-0.3, -0.25) is 0 Å². The molecule has 2 aliphatic rings. The molecule has 2 N–H and O–H groups in total. The topological polar surface area (TPSA) is 69.2 Å². The van der Waals surface area contributed by atoms with Gasteiger partial charge in [0.25, 0.3) is 0 Å². The van der Waals surface area contributed by atoms with E-state index in [9.17, 15) is 8.94 Å². The molecule has 0 radical (unpaired) electrons. The van der Waals surface area contributed by atoms with Crippen molar-refractivity contribution >= 4 is 11.4 Å². The first-order valence-corrected chi connectivity index (χ1v) is 12.1. The summed E-state index contributed by atoms with van der Waals surface area (Å²) in [5.41, 5.74) is 1.97. The fraction of sp³-hybridized carbons (Fsp3) is 0.542. The van der Waals surface area contributed by atoms with Crippen LogP contribution in [0.4, 0.5) is 4.39 Å². The highest BCUT2D eigenvalue weighted by atomic mass is 32.2. The van der Waals surface area contributed by atoms with Crippen LogP contribution in [0.15, 0.2) is 36.4 Å². The Bertz CT molecular complexity index is 923. The SMILES string of the molecule is CCC(C)(N[S+]([O-])C(C)(C)C)c1cc(O[C@H]2[C@@H]3CNC[C@@H]32)nc(-c2ccc(F)cc2)c1. The molecule has 0 amide bonds. The Hall–Kier alpha value is -1.67. The molecule has 1 aliphatic carbocycles. The maximum Gasteiger partial charge on any atom is 0.214 e. The summed E-state index contributed by atoms with van der Waals surface area (Å²) in [5, 5.41) is 3.38. The summed E-state index contributed by atoms with van der Waals surface area (Å²) in [6, 6.07) is 10.3. The molecule has 1 saturated carbocycles. The van der Waals surface area contributed by atoms with E-state index in [1.54, 1.807) is 12.1 Å². The van der Waals surface area contributed by atoms with Gasteiger partial charge < -0.3 is 14.6 Å². The van der Waals surface area contributed by atoms with Gasteiger partial charge in [-0.15, -0.1) is 4.72 Å². The number of halogens is 1. The molecule has 2 unspecified atom stereocenters. The third-order valence-corrected chi connectivity index (χ3v) is 8.18. The van der Waals surface area contributed by atoms with Gasteiger partial charge in [0.1, 0.15) is 16.7 Å². The second-order valence-electron chi connectivity index (χ2n) is 9.82. The average Bonchev–Trinajstić information content (AvgIpc) is 3.13.